The number of hydrogen-bond acceptors (Lipinski definition) is 3. The van der Waals surface area contributed by atoms with Crippen LogP contribution in [0.4, 0.5) is 0 Å². The van der Waals surface area contributed by atoms with Gasteiger partial charge in [-0.05, 0) is 25.2 Å². The molecule has 3 atom stereocenters. The SMILES string of the molecule is COC1CCN(CC2CCCCCC2N)C1. The first kappa shape index (κ1) is 12.3. The number of nitrogens with zero attached hydrogens (tertiary/aromatic N) is 1. The van der Waals surface area contributed by atoms with Crippen LogP contribution < -0.4 is 5.73 Å². The van der Waals surface area contributed by atoms with Gasteiger partial charge in [0.2, 0.25) is 0 Å². The van der Waals surface area contributed by atoms with Crippen molar-refractivity contribution in [2.24, 2.45) is 11.7 Å². The van der Waals surface area contributed by atoms with Crippen molar-refractivity contribution in [1.29, 1.82) is 0 Å². The van der Waals surface area contributed by atoms with Gasteiger partial charge in [0.05, 0.1) is 6.10 Å². The Morgan fingerprint density at radius 1 is 1.19 bits per heavy atom. The highest BCUT2D eigenvalue weighted by Gasteiger charge is 2.27. The Morgan fingerprint density at radius 2 is 2.00 bits per heavy atom. The van der Waals surface area contributed by atoms with Crippen molar-refractivity contribution in [3.63, 3.8) is 0 Å². The fraction of sp³-hybridized carbons (Fsp3) is 1.00. The van der Waals surface area contributed by atoms with E-state index in [0.29, 0.717) is 12.1 Å². The first-order chi connectivity index (χ1) is 7.79. The van der Waals surface area contributed by atoms with Crippen LogP contribution in [0.15, 0.2) is 0 Å². The molecule has 0 aromatic heterocycles. The van der Waals surface area contributed by atoms with Crippen molar-refractivity contribution in [3.05, 3.63) is 0 Å². The molecular formula is C13H26N2O. The van der Waals surface area contributed by atoms with Gasteiger partial charge in [-0.2, -0.15) is 0 Å². The molecule has 0 bridgehead atoms. The largest absolute Gasteiger partial charge is 0.380 e. The first-order valence-electron chi connectivity index (χ1n) is 6.80. The summed E-state index contributed by atoms with van der Waals surface area (Å²) in [7, 11) is 1.82. The predicted molar refractivity (Wildman–Crippen MR) is 66.4 cm³/mol. The van der Waals surface area contributed by atoms with Gasteiger partial charge in [0.15, 0.2) is 0 Å². The zero-order valence-corrected chi connectivity index (χ0v) is 10.5. The van der Waals surface area contributed by atoms with E-state index in [0.717, 1.165) is 12.5 Å². The van der Waals surface area contributed by atoms with Crippen LogP contribution in [0.1, 0.15) is 38.5 Å². The summed E-state index contributed by atoms with van der Waals surface area (Å²) in [6, 6.07) is 0.434. The van der Waals surface area contributed by atoms with Gasteiger partial charge in [0, 0.05) is 32.8 Å². The number of likely N-dealkylation sites (tertiary alicyclic amines) is 1. The summed E-state index contributed by atoms with van der Waals surface area (Å²) >= 11 is 0. The molecule has 0 aromatic rings. The van der Waals surface area contributed by atoms with Crippen molar-refractivity contribution in [3.8, 4) is 0 Å². The molecule has 3 nitrogen and oxygen atoms in total. The molecular weight excluding hydrogens is 200 g/mol. The standard InChI is InChI=1S/C13H26N2O/c1-16-12-7-8-15(10-12)9-11-5-3-2-4-6-13(11)14/h11-13H,2-10,14H2,1H3. The smallest absolute Gasteiger partial charge is 0.0710 e. The maximum absolute atomic E-state index is 6.27. The van der Waals surface area contributed by atoms with E-state index in [2.05, 4.69) is 4.90 Å². The lowest BCUT2D eigenvalue weighted by molar-refractivity contribution is 0.104. The molecule has 2 aliphatic rings. The summed E-state index contributed by atoms with van der Waals surface area (Å²) in [5.74, 6) is 0.720. The van der Waals surface area contributed by atoms with Crippen LogP contribution in [0.5, 0.6) is 0 Å². The van der Waals surface area contributed by atoms with Crippen molar-refractivity contribution in [1.82, 2.24) is 4.90 Å². The second-order valence-electron chi connectivity index (χ2n) is 5.47. The Hall–Kier alpha value is -0.120. The minimum Gasteiger partial charge on any atom is -0.380 e. The van der Waals surface area contributed by atoms with Gasteiger partial charge >= 0.3 is 0 Å². The van der Waals surface area contributed by atoms with E-state index in [1.165, 1.54) is 51.6 Å². The van der Waals surface area contributed by atoms with Gasteiger partial charge in [0.25, 0.3) is 0 Å². The lowest BCUT2D eigenvalue weighted by atomic mass is 9.95. The Bertz CT molecular complexity index is 210. The van der Waals surface area contributed by atoms with E-state index in [9.17, 15) is 0 Å². The van der Waals surface area contributed by atoms with Crippen molar-refractivity contribution in [2.75, 3.05) is 26.7 Å². The van der Waals surface area contributed by atoms with Crippen molar-refractivity contribution in [2.45, 2.75) is 50.7 Å². The molecule has 1 aliphatic heterocycles. The minimum atomic E-state index is 0.434. The summed E-state index contributed by atoms with van der Waals surface area (Å²) < 4.78 is 5.41. The number of methoxy groups -OCH3 is 1. The molecule has 3 unspecified atom stereocenters. The number of rotatable bonds is 3. The van der Waals surface area contributed by atoms with Crippen LogP contribution in [0, 0.1) is 5.92 Å². The summed E-state index contributed by atoms with van der Waals surface area (Å²) in [5, 5.41) is 0. The zero-order valence-electron chi connectivity index (χ0n) is 10.5. The van der Waals surface area contributed by atoms with Gasteiger partial charge in [0.1, 0.15) is 0 Å². The lowest BCUT2D eigenvalue weighted by Gasteiger charge is -2.26. The molecule has 94 valence electrons. The van der Waals surface area contributed by atoms with E-state index in [1.807, 2.05) is 7.11 Å². The molecule has 1 heterocycles. The number of ether oxygens (including phenoxy) is 1. The van der Waals surface area contributed by atoms with E-state index in [1.54, 1.807) is 0 Å². The molecule has 2 fully saturated rings. The summed E-state index contributed by atoms with van der Waals surface area (Å²) in [6.45, 7) is 3.50. The predicted octanol–water partition coefficient (Wildman–Crippen LogP) is 1.61. The molecule has 0 aromatic carbocycles. The molecule has 0 radical (unpaired) electrons. The van der Waals surface area contributed by atoms with E-state index < -0.39 is 0 Å². The van der Waals surface area contributed by atoms with Gasteiger partial charge in [-0.1, -0.05) is 19.3 Å². The average Bonchev–Trinajstić information content (AvgIpc) is 2.65. The summed E-state index contributed by atoms with van der Waals surface area (Å²) in [6.07, 6.45) is 8.30. The van der Waals surface area contributed by atoms with Gasteiger partial charge in [-0.25, -0.2) is 0 Å². The molecule has 0 spiro atoms. The molecule has 0 amide bonds. The van der Waals surface area contributed by atoms with Crippen molar-refractivity contribution < 1.29 is 4.74 Å². The van der Waals surface area contributed by atoms with Crippen molar-refractivity contribution >= 4 is 0 Å². The zero-order chi connectivity index (χ0) is 11.4. The Morgan fingerprint density at radius 3 is 2.75 bits per heavy atom. The third kappa shape index (κ3) is 3.19. The average molecular weight is 226 g/mol. The first-order valence-corrected chi connectivity index (χ1v) is 6.80. The van der Waals surface area contributed by atoms with Crippen LogP contribution in [0.25, 0.3) is 0 Å². The Labute approximate surface area is 99.3 Å². The minimum absolute atomic E-state index is 0.434. The summed E-state index contributed by atoms with van der Waals surface area (Å²) in [4.78, 5) is 2.55. The molecule has 1 saturated heterocycles. The van der Waals surface area contributed by atoms with Gasteiger partial charge in [-0.3, -0.25) is 0 Å². The second-order valence-corrected chi connectivity index (χ2v) is 5.47. The highest BCUT2D eigenvalue weighted by Crippen LogP contribution is 2.24. The number of hydrogen-bond donors (Lipinski definition) is 1. The molecule has 1 aliphatic carbocycles. The van der Waals surface area contributed by atoms with Crippen LogP contribution in [0.2, 0.25) is 0 Å². The van der Waals surface area contributed by atoms with Crippen LogP contribution in [-0.4, -0.2) is 43.8 Å². The van der Waals surface area contributed by atoms with Crippen LogP contribution >= 0.6 is 0 Å². The molecule has 3 heteroatoms. The normalized spacial score (nSPS) is 37.5. The Kier molecular flexibility index (Phi) is 4.62. The monoisotopic (exact) mass is 226 g/mol. The molecule has 2 N–H and O–H groups in total. The van der Waals surface area contributed by atoms with Crippen LogP contribution in [0.3, 0.4) is 0 Å². The molecule has 2 rings (SSSR count). The maximum Gasteiger partial charge on any atom is 0.0710 e. The fourth-order valence-electron chi connectivity index (χ4n) is 3.13. The number of nitrogens with two attached hydrogens (primary N) is 1. The van der Waals surface area contributed by atoms with Gasteiger partial charge < -0.3 is 15.4 Å². The molecule has 1 saturated carbocycles. The van der Waals surface area contributed by atoms with E-state index >= 15 is 0 Å². The maximum atomic E-state index is 6.27. The summed E-state index contributed by atoms with van der Waals surface area (Å²) in [5.41, 5.74) is 6.27. The second kappa shape index (κ2) is 5.99. The van der Waals surface area contributed by atoms with E-state index in [4.69, 9.17) is 10.5 Å². The third-order valence-corrected chi connectivity index (χ3v) is 4.27. The van der Waals surface area contributed by atoms with Gasteiger partial charge in [-0.15, -0.1) is 0 Å². The lowest BCUT2D eigenvalue weighted by Crippen LogP contribution is -2.38. The highest BCUT2D eigenvalue weighted by molar-refractivity contribution is 4.83. The quantitative estimate of drug-likeness (QED) is 0.743. The van der Waals surface area contributed by atoms with E-state index in [-0.39, 0.29) is 0 Å². The van der Waals surface area contributed by atoms with Crippen LogP contribution in [-0.2, 0) is 4.74 Å². The fourth-order valence-corrected chi connectivity index (χ4v) is 3.13. The highest BCUT2D eigenvalue weighted by atomic mass is 16.5. The molecule has 16 heavy (non-hydrogen) atoms. The topological polar surface area (TPSA) is 38.5 Å². The Balaban J connectivity index is 1.79. The third-order valence-electron chi connectivity index (χ3n) is 4.27.